The second-order valence-electron chi connectivity index (χ2n) is 6.25. The largest absolute Gasteiger partial charge is 0.444 e. The van der Waals surface area contributed by atoms with Gasteiger partial charge in [-0.05, 0) is 54.6 Å². The summed E-state index contributed by atoms with van der Waals surface area (Å²) >= 11 is 5.02. The van der Waals surface area contributed by atoms with Crippen LogP contribution in [0, 0.1) is 5.92 Å². The number of Topliss-reactive ketones (excluding diaryl/α,β-unsaturated/α-hetero) is 1. The third-order valence-electron chi connectivity index (χ3n) is 3.32. The van der Waals surface area contributed by atoms with Crippen molar-refractivity contribution in [3.63, 3.8) is 0 Å². The molecule has 0 saturated carbocycles. The summed E-state index contributed by atoms with van der Waals surface area (Å²) in [5, 5.41) is 1.97. The maximum atomic E-state index is 12.3. The van der Waals surface area contributed by atoms with Gasteiger partial charge in [0.1, 0.15) is 11.4 Å². The highest BCUT2D eigenvalue weighted by Crippen LogP contribution is 2.26. The van der Waals surface area contributed by atoms with Gasteiger partial charge in [-0.3, -0.25) is 4.79 Å². The van der Waals surface area contributed by atoms with Gasteiger partial charge in [-0.1, -0.05) is 0 Å². The van der Waals surface area contributed by atoms with Crippen LogP contribution in [0.3, 0.4) is 0 Å². The average Bonchev–Trinajstić information content (AvgIpc) is 2.97. The van der Waals surface area contributed by atoms with Crippen molar-refractivity contribution in [3.05, 3.63) is 20.8 Å². The van der Waals surface area contributed by atoms with Gasteiger partial charge in [-0.25, -0.2) is 4.79 Å². The van der Waals surface area contributed by atoms with E-state index in [1.54, 1.807) is 16.2 Å². The smallest absolute Gasteiger partial charge is 0.410 e. The van der Waals surface area contributed by atoms with E-state index >= 15 is 0 Å². The van der Waals surface area contributed by atoms with E-state index in [1.165, 1.54) is 0 Å². The number of carbonyl (C=O) groups is 2. The van der Waals surface area contributed by atoms with Crippen LogP contribution in [0.5, 0.6) is 0 Å². The van der Waals surface area contributed by atoms with E-state index in [9.17, 15) is 9.59 Å². The lowest BCUT2D eigenvalue weighted by molar-refractivity contribution is -0.121. The number of ether oxygens (including phenoxy) is 1. The van der Waals surface area contributed by atoms with Crippen LogP contribution in [0.4, 0.5) is 4.79 Å². The molecule has 116 valence electrons. The quantitative estimate of drug-likeness (QED) is 0.807. The zero-order chi connectivity index (χ0) is 15.6. The molecule has 0 spiro atoms. The van der Waals surface area contributed by atoms with Crippen LogP contribution in [-0.2, 0) is 16.0 Å². The minimum atomic E-state index is -0.499. The number of amides is 1. The Balaban J connectivity index is 1.89. The van der Waals surface area contributed by atoms with Crippen LogP contribution in [0.25, 0.3) is 0 Å². The number of thiophene rings is 1. The van der Waals surface area contributed by atoms with Crippen molar-refractivity contribution in [3.8, 4) is 0 Å². The minimum Gasteiger partial charge on any atom is -0.444 e. The summed E-state index contributed by atoms with van der Waals surface area (Å²) in [6.45, 7) is 6.60. The van der Waals surface area contributed by atoms with E-state index in [-0.39, 0.29) is 17.8 Å². The van der Waals surface area contributed by atoms with Gasteiger partial charge in [-0.15, -0.1) is 11.3 Å². The summed E-state index contributed by atoms with van der Waals surface area (Å²) in [6, 6.07) is 1.95. The lowest BCUT2D eigenvalue weighted by atomic mass is 10.0. The molecule has 1 aromatic rings. The zero-order valence-corrected chi connectivity index (χ0v) is 14.9. The van der Waals surface area contributed by atoms with Crippen molar-refractivity contribution < 1.29 is 14.3 Å². The molecule has 6 heteroatoms. The molecule has 2 heterocycles. The van der Waals surface area contributed by atoms with E-state index in [2.05, 4.69) is 15.9 Å². The Morgan fingerprint density at radius 3 is 2.76 bits per heavy atom. The Kier molecular flexibility index (Phi) is 5.09. The maximum absolute atomic E-state index is 12.3. The van der Waals surface area contributed by atoms with Crippen molar-refractivity contribution in [2.75, 3.05) is 13.1 Å². The third kappa shape index (κ3) is 4.54. The molecule has 0 aliphatic carbocycles. The van der Waals surface area contributed by atoms with Crippen molar-refractivity contribution in [2.24, 2.45) is 5.92 Å². The van der Waals surface area contributed by atoms with Gasteiger partial charge in [0.05, 0.1) is 0 Å². The van der Waals surface area contributed by atoms with Crippen LogP contribution >= 0.6 is 27.3 Å². The van der Waals surface area contributed by atoms with Gasteiger partial charge >= 0.3 is 6.09 Å². The summed E-state index contributed by atoms with van der Waals surface area (Å²) in [4.78, 5) is 27.0. The first-order valence-electron chi connectivity index (χ1n) is 6.99. The fraction of sp³-hybridized carbons (Fsp3) is 0.600. The molecule has 1 aromatic heterocycles. The number of hydrogen-bond donors (Lipinski definition) is 0. The standard InChI is InChI=1S/C15H20BrNO3S/c1-15(2,3)20-14(19)17-6-4-10(9-17)12(18)8-13-11(16)5-7-21-13/h5,7,10H,4,6,8-9H2,1-3H3. The molecule has 0 aromatic carbocycles. The van der Waals surface area contributed by atoms with Gasteiger partial charge in [0, 0.05) is 34.8 Å². The third-order valence-corrected chi connectivity index (χ3v) is 5.25. The second kappa shape index (κ2) is 6.48. The van der Waals surface area contributed by atoms with Crippen molar-refractivity contribution in [2.45, 2.75) is 39.2 Å². The van der Waals surface area contributed by atoms with Crippen LogP contribution in [0.15, 0.2) is 15.9 Å². The number of hydrogen-bond acceptors (Lipinski definition) is 4. The first-order valence-corrected chi connectivity index (χ1v) is 8.66. The van der Waals surface area contributed by atoms with Gasteiger partial charge in [-0.2, -0.15) is 0 Å². The normalized spacial score (nSPS) is 18.9. The number of halogens is 1. The second-order valence-corrected chi connectivity index (χ2v) is 8.10. The van der Waals surface area contributed by atoms with Gasteiger partial charge in [0.25, 0.3) is 0 Å². The minimum absolute atomic E-state index is 0.0773. The van der Waals surface area contributed by atoms with E-state index in [0.29, 0.717) is 19.5 Å². The predicted octanol–water partition coefficient (Wildman–Crippen LogP) is 3.88. The van der Waals surface area contributed by atoms with Crippen LogP contribution in [0.1, 0.15) is 32.1 Å². The summed E-state index contributed by atoms with van der Waals surface area (Å²) in [5.41, 5.74) is -0.499. The number of likely N-dealkylation sites (tertiary alicyclic amines) is 1. The molecule has 21 heavy (non-hydrogen) atoms. The lowest BCUT2D eigenvalue weighted by Crippen LogP contribution is -2.36. The van der Waals surface area contributed by atoms with Crippen molar-refractivity contribution >= 4 is 39.1 Å². The van der Waals surface area contributed by atoms with Gasteiger partial charge in [0.2, 0.25) is 0 Å². The van der Waals surface area contributed by atoms with Gasteiger partial charge < -0.3 is 9.64 Å². The molecule has 1 unspecified atom stereocenters. The van der Waals surface area contributed by atoms with E-state index in [4.69, 9.17) is 4.74 Å². The average molecular weight is 374 g/mol. The molecule has 2 rings (SSSR count). The highest BCUT2D eigenvalue weighted by molar-refractivity contribution is 9.10. The monoisotopic (exact) mass is 373 g/mol. The predicted molar refractivity (Wildman–Crippen MR) is 86.6 cm³/mol. The van der Waals surface area contributed by atoms with Crippen molar-refractivity contribution in [1.29, 1.82) is 0 Å². The molecule has 1 amide bonds. The molecule has 0 bridgehead atoms. The Labute approximate surface area is 137 Å². The number of carbonyl (C=O) groups excluding carboxylic acids is 2. The fourth-order valence-electron chi connectivity index (χ4n) is 2.27. The highest BCUT2D eigenvalue weighted by Gasteiger charge is 2.33. The Bertz CT molecular complexity index is 535. The van der Waals surface area contributed by atoms with E-state index in [1.807, 2.05) is 32.2 Å². The topological polar surface area (TPSA) is 46.6 Å². The highest BCUT2D eigenvalue weighted by atomic mass is 79.9. The summed E-state index contributed by atoms with van der Waals surface area (Å²) in [6.07, 6.45) is 0.835. The Morgan fingerprint density at radius 1 is 1.48 bits per heavy atom. The SMILES string of the molecule is CC(C)(C)OC(=O)N1CCC(C(=O)Cc2sccc2Br)C1. The molecule has 0 radical (unpaired) electrons. The van der Waals surface area contributed by atoms with Crippen LogP contribution < -0.4 is 0 Å². The molecule has 1 saturated heterocycles. The Hall–Kier alpha value is -0.880. The van der Waals surface area contributed by atoms with Crippen LogP contribution in [-0.4, -0.2) is 35.5 Å². The van der Waals surface area contributed by atoms with E-state index < -0.39 is 5.60 Å². The first kappa shape index (κ1) is 16.5. The fourth-order valence-corrected chi connectivity index (χ4v) is 3.77. The molecule has 4 nitrogen and oxygen atoms in total. The van der Waals surface area contributed by atoms with Gasteiger partial charge in [0.15, 0.2) is 0 Å². The summed E-state index contributed by atoms with van der Waals surface area (Å²) in [7, 11) is 0. The molecule has 1 aliphatic rings. The molecule has 0 N–H and O–H groups in total. The maximum Gasteiger partial charge on any atom is 0.410 e. The first-order chi connectivity index (χ1) is 9.76. The number of rotatable bonds is 3. The van der Waals surface area contributed by atoms with Crippen molar-refractivity contribution in [1.82, 2.24) is 4.90 Å². The van der Waals surface area contributed by atoms with E-state index in [0.717, 1.165) is 15.8 Å². The Morgan fingerprint density at radius 2 is 2.19 bits per heavy atom. The summed E-state index contributed by atoms with van der Waals surface area (Å²) < 4.78 is 6.33. The molecule has 1 atom stereocenters. The molecular formula is C15H20BrNO3S. The molecular weight excluding hydrogens is 354 g/mol. The lowest BCUT2D eigenvalue weighted by Gasteiger charge is -2.24. The number of nitrogens with zero attached hydrogens (tertiary/aromatic N) is 1. The zero-order valence-electron chi connectivity index (χ0n) is 12.5. The summed E-state index contributed by atoms with van der Waals surface area (Å²) in [5.74, 6) is 0.121. The van der Waals surface area contributed by atoms with Crippen LogP contribution in [0.2, 0.25) is 0 Å². The molecule has 1 fully saturated rings. The number of ketones is 1. The molecule has 1 aliphatic heterocycles.